The molecule has 46 heavy (non-hydrogen) atoms. The van der Waals surface area contributed by atoms with Crippen LogP contribution < -0.4 is 14.8 Å². The van der Waals surface area contributed by atoms with Gasteiger partial charge in [-0.25, -0.2) is 4.79 Å². The number of imide groups is 1. The molecule has 13 heteroatoms. The average molecular weight is 653 g/mol. The van der Waals surface area contributed by atoms with Gasteiger partial charge in [-0.15, -0.1) is 0 Å². The summed E-state index contributed by atoms with van der Waals surface area (Å²) in [5, 5.41) is 12.6. The summed E-state index contributed by atoms with van der Waals surface area (Å²) in [5.74, 6) is 0.434. The second kappa shape index (κ2) is 12.9. The maximum absolute atomic E-state index is 13.5. The smallest absolute Gasteiger partial charge is 0.430 e. The van der Waals surface area contributed by atoms with Crippen LogP contribution in [0.2, 0.25) is 0 Å². The molecule has 0 bridgehead atoms. The van der Waals surface area contributed by atoms with E-state index >= 15 is 0 Å². The number of amides is 3. The molecule has 1 heterocycles. The van der Waals surface area contributed by atoms with Gasteiger partial charge in [0.15, 0.2) is 0 Å². The molecule has 1 fully saturated rings. The molecule has 248 valence electrons. The topological polar surface area (TPSA) is 88.1 Å². The Kier molecular flexibility index (Phi) is 9.67. The van der Waals surface area contributed by atoms with Crippen LogP contribution in [0.1, 0.15) is 56.4 Å². The fourth-order valence-corrected chi connectivity index (χ4v) is 5.22. The van der Waals surface area contributed by atoms with E-state index in [2.05, 4.69) is 5.32 Å². The molecular weight excluding hydrogens is 618 g/mol. The molecule has 1 atom stereocenters. The standard InChI is InChI=1S/C33H34F6N2O5/c1-5-7-22-19-24(31(44,32(34,35)36)33(37,38)39)12-15-27(22)46-26-9-6-8-21(18-26)16-17-41-28(42)30(4,40-29(41)43)23-10-13-25(14-11-23)45-20(2)3/h6,8-15,18-20,44H,5,7,16-17H2,1-4H3,(H,40,43). The van der Waals surface area contributed by atoms with E-state index in [1.54, 1.807) is 62.4 Å². The number of ether oxygens (including phenoxy) is 2. The van der Waals surface area contributed by atoms with Crippen molar-refractivity contribution in [3.63, 3.8) is 0 Å². The SMILES string of the molecule is CCCc1cc(C(O)(C(F)(F)F)C(F)(F)F)ccc1Oc1cccc(CCN2C(=O)NC(C)(c3ccc(OC(C)C)cc3)C2=O)c1. The van der Waals surface area contributed by atoms with Crippen molar-refractivity contribution >= 4 is 11.9 Å². The van der Waals surface area contributed by atoms with E-state index < -0.39 is 41.0 Å². The van der Waals surface area contributed by atoms with Gasteiger partial charge in [-0.3, -0.25) is 9.69 Å². The minimum Gasteiger partial charge on any atom is -0.491 e. The molecular formula is C33H34F6N2O5. The largest absolute Gasteiger partial charge is 0.491 e. The lowest BCUT2D eigenvalue weighted by atomic mass is 9.90. The first-order valence-electron chi connectivity index (χ1n) is 14.6. The first kappa shape index (κ1) is 34.6. The number of hydrogen-bond acceptors (Lipinski definition) is 5. The van der Waals surface area contributed by atoms with Gasteiger partial charge >= 0.3 is 18.4 Å². The molecule has 0 saturated carbocycles. The summed E-state index contributed by atoms with van der Waals surface area (Å²) in [6.45, 7) is 7.11. The minimum atomic E-state index is -6.01. The van der Waals surface area contributed by atoms with E-state index in [-0.39, 0.29) is 42.6 Å². The molecule has 1 aliphatic rings. The summed E-state index contributed by atoms with van der Waals surface area (Å²) in [6, 6.07) is 15.0. The Hall–Kier alpha value is -4.26. The van der Waals surface area contributed by atoms with E-state index in [1.807, 2.05) is 13.8 Å². The van der Waals surface area contributed by atoms with Gasteiger partial charge in [0.05, 0.1) is 6.10 Å². The molecule has 1 unspecified atom stereocenters. The third kappa shape index (κ3) is 6.79. The van der Waals surface area contributed by atoms with Crippen molar-refractivity contribution in [3.05, 3.63) is 89.0 Å². The van der Waals surface area contributed by atoms with Crippen LogP contribution in [0, 0.1) is 0 Å². The first-order chi connectivity index (χ1) is 21.4. The van der Waals surface area contributed by atoms with Crippen molar-refractivity contribution in [1.82, 2.24) is 10.2 Å². The van der Waals surface area contributed by atoms with Crippen LogP contribution in [0.15, 0.2) is 66.7 Å². The predicted octanol–water partition coefficient (Wildman–Crippen LogP) is 7.54. The fourth-order valence-electron chi connectivity index (χ4n) is 5.22. The van der Waals surface area contributed by atoms with E-state index in [9.17, 15) is 41.0 Å². The van der Waals surface area contributed by atoms with E-state index in [1.165, 1.54) is 0 Å². The number of hydrogen-bond donors (Lipinski definition) is 2. The molecule has 3 amide bonds. The van der Waals surface area contributed by atoms with Gasteiger partial charge in [0.2, 0.25) is 0 Å². The Labute approximate surface area is 262 Å². The Morgan fingerprint density at radius 3 is 2.13 bits per heavy atom. The number of halogens is 6. The number of benzene rings is 3. The monoisotopic (exact) mass is 652 g/mol. The quantitative estimate of drug-likeness (QED) is 0.165. The molecule has 7 nitrogen and oxygen atoms in total. The molecule has 2 N–H and O–H groups in total. The Balaban J connectivity index is 1.50. The van der Waals surface area contributed by atoms with Crippen LogP contribution in [-0.4, -0.2) is 46.9 Å². The Morgan fingerprint density at radius 2 is 1.54 bits per heavy atom. The van der Waals surface area contributed by atoms with Crippen LogP contribution in [0.5, 0.6) is 17.2 Å². The predicted molar refractivity (Wildman–Crippen MR) is 156 cm³/mol. The van der Waals surface area contributed by atoms with Gasteiger partial charge in [0, 0.05) is 12.1 Å². The lowest BCUT2D eigenvalue weighted by Crippen LogP contribution is -2.53. The van der Waals surface area contributed by atoms with Gasteiger partial charge in [0.25, 0.3) is 11.5 Å². The van der Waals surface area contributed by atoms with E-state index in [0.717, 1.165) is 11.0 Å². The first-order valence-corrected chi connectivity index (χ1v) is 14.6. The molecule has 0 radical (unpaired) electrons. The van der Waals surface area contributed by atoms with Gasteiger partial charge in [-0.1, -0.05) is 43.7 Å². The lowest BCUT2D eigenvalue weighted by molar-refractivity contribution is -0.376. The summed E-state index contributed by atoms with van der Waals surface area (Å²) in [4.78, 5) is 27.3. The zero-order valence-electron chi connectivity index (χ0n) is 25.6. The number of carbonyl (C=O) groups is 2. The van der Waals surface area contributed by atoms with Crippen molar-refractivity contribution < 1.29 is 50.5 Å². The van der Waals surface area contributed by atoms with Gasteiger partial charge < -0.3 is 19.9 Å². The third-order valence-electron chi connectivity index (χ3n) is 7.65. The van der Waals surface area contributed by atoms with Crippen LogP contribution in [0.4, 0.5) is 31.1 Å². The zero-order valence-corrected chi connectivity index (χ0v) is 25.6. The van der Waals surface area contributed by atoms with Gasteiger partial charge in [0.1, 0.15) is 22.8 Å². The number of nitrogens with one attached hydrogen (secondary N) is 1. The van der Waals surface area contributed by atoms with Crippen molar-refractivity contribution in [2.45, 2.75) is 76.6 Å². The third-order valence-corrected chi connectivity index (χ3v) is 7.65. The number of alkyl halides is 6. The summed E-state index contributed by atoms with van der Waals surface area (Å²) in [7, 11) is 0. The van der Waals surface area contributed by atoms with Crippen molar-refractivity contribution in [2.24, 2.45) is 0 Å². The number of nitrogens with zero attached hydrogens (tertiary/aromatic N) is 1. The van der Waals surface area contributed by atoms with Crippen LogP contribution in [0.25, 0.3) is 0 Å². The highest BCUT2D eigenvalue weighted by molar-refractivity contribution is 6.07. The second-order valence-corrected chi connectivity index (χ2v) is 11.5. The highest BCUT2D eigenvalue weighted by Crippen LogP contribution is 2.50. The molecule has 0 aliphatic carbocycles. The summed E-state index contributed by atoms with van der Waals surface area (Å²) in [5.41, 5.74) is -6.43. The van der Waals surface area contributed by atoms with E-state index in [0.29, 0.717) is 35.4 Å². The molecule has 1 aliphatic heterocycles. The summed E-state index contributed by atoms with van der Waals surface area (Å²) >= 11 is 0. The number of carbonyl (C=O) groups excluding carboxylic acids is 2. The number of urea groups is 1. The molecule has 1 saturated heterocycles. The normalized spacial score (nSPS) is 17.4. The van der Waals surface area contributed by atoms with Gasteiger partial charge in [-0.2, -0.15) is 26.3 Å². The lowest BCUT2D eigenvalue weighted by Gasteiger charge is -2.33. The average Bonchev–Trinajstić information content (AvgIpc) is 3.19. The number of rotatable bonds is 11. The number of aryl methyl sites for hydroxylation is 1. The highest BCUT2D eigenvalue weighted by Gasteiger charge is 2.71. The molecule has 4 rings (SSSR count). The zero-order chi connectivity index (χ0) is 34.1. The Morgan fingerprint density at radius 1 is 0.891 bits per heavy atom. The van der Waals surface area contributed by atoms with Crippen LogP contribution in [0.3, 0.4) is 0 Å². The van der Waals surface area contributed by atoms with Gasteiger partial charge in [-0.05, 0) is 86.7 Å². The highest BCUT2D eigenvalue weighted by atomic mass is 19.4. The maximum Gasteiger partial charge on any atom is 0.430 e. The van der Waals surface area contributed by atoms with Crippen molar-refractivity contribution in [2.75, 3.05) is 6.54 Å². The Bertz CT molecular complexity index is 1560. The van der Waals surface area contributed by atoms with Crippen molar-refractivity contribution in [1.29, 1.82) is 0 Å². The van der Waals surface area contributed by atoms with Crippen LogP contribution >= 0.6 is 0 Å². The van der Waals surface area contributed by atoms with Crippen LogP contribution in [-0.2, 0) is 28.8 Å². The summed E-state index contributed by atoms with van der Waals surface area (Å²) in [6.07, 6.45) is -11.4. The molecule has 3 aromatic carbocycles. The second-order valence-electron chi connectivity index (χ2n) is 11.5. The summed E-state index contributed by atoms with van der Waals surface area (Å²) < 4.78 is 92.2. The molecule has 3 aromatic rings. The van der Waals surface area contributed by atoms with Crippen molar-refractivity contribution in [3.8, 4) is 17.2 Å². The van der Waals surface area contributed by atoms with E-state index in [4.69, 9.17) is 9.47 Å². The molecule has 0 spiro atoms. The molecule has 0 aromatic heterocycles. The fraction of sp³-hybridized carbons (Fsp3) is 0.394. The maximum atomic E-state index is 13.5. The number of aliphatic hydroxyl groups is 1. The minimum absolute atomic E-state index is 0.0177.